The maximum atomic E-state index is 12.4. The monoisotopic (exact) mass is 385 g/mol. The Morgan fingerprint density at radius 2 is 1.62 bits per heavy atom. The molecule has 5 rings (SSSR count). The molecule has 2 aromatic carbocycles. The minimum absolute atomic E-state index is 0.185. The molecule has 1 aliphatic heterocycles. The summed E-state index contributed by atoms with van der Waals surface area (Å²) in [7, 11) is 0. The van der Waals surface area contributed by atoms with E-state index in [1.165, 1.54) is 4.90 Å². The molecule has 0 spiro atoms. The van der Waals surface area contributed by atoms with E-state index in [1.54, 1.807) is 48.7 Å². The number of fused-ring (bicyclic) bond motifs is 2. The lowest BCUT2D eigenvalue weighted by Gasteiger charge is -2.14. The van der Waals surface area contributed by atoms with E-state index < -0.39 is 0 Å². The standard InChI is InChI=1S/C22H15N3O4/c26-21-16-4-1-2-5-17(16)22(27)25(21)12-13-28-15-9-7-14(8-10-15)20-24-19-18(29-20)6-3-11-23-19/h1-11H,12-13H2. The molecule has 0 unspecified atom stereocenters. The number of carbonyl (C=O) groups is 2. The first-order valence-electron chi connectivity index (χ1n) is 9.11. The maximum absolute atomic E-state index is 12.4. The van der Waals surface area contributed by atoms with E-state index in [-0.39, 0.29) is 25.0 Å². The van der Waals surface area contributed by atoms with Gasteiger partial charge in [0.25, 0.3) is 11.8 Å². The van der Waals surface area contributed by atoms with Crippen LogP contribution in [0.3, 0.4) is 0 Å². The van der Waals surface area contributed by atoms with Gasteiger partial charge >= 0.3 is 0 Å². The maximum Gasteiger partial charge on any atom is 0.261 e. The van der Waals surface area contributed by atoms with Crippen LogP contribution in [0, 0.1) is 0 Å². The van der Waals surface area contributed by atoms with Crippen LogP contribution in [0.5, 0.6) is 5.75 Å². The van der Waals surface area contributed by atoms with Gasteiger partial charge in [0.2, 0.25) is 5.89 Å². The van der Waals surface area contributed by atoms with Crippen molar-refractivity contribution in [2.45, 2.75) is 0 Å². The summed E-state index contributed by atoms with van der Waals surface area (Å²) in [5.41, 5.74) is 2.87. The van der Waals surface area contributed by atoms with E-state index in [9.17, 15) is 9.59 Å². The van der Waals surface area contributed by atoms with E-state index in [1.807, 2.05) is 18.2 Å². The number of rotatable bonds is 5. The van der Waals surface area contributed by atoms with Crippen LogP contribution in [0.1, 0.15) is 20.7 Å². The Bertz CT molecular complexity index is 1160. The van der Waals surface area contributed by atoms with E-state index in [4.69, 9.17) is 9.15 Å². The molecule has 0 N–H and O–H groups in total. The van der Waals surface area contributed by atoms with Gasteiger partial charge in [-0.3, -0.25) is 14.5 Å². The minimum Gasteiger partial charge on any atom is -0.492 e. The molecule has 0 radical (unpaired) electrons. The first kappa shape index (κ1) is 17.1. The second-order valence-corrected chi connectivity index (χ2v) is 6.52. The Kier molecular flexibility index (Phi) is 4.05. The van der Waals surface area contributed by atoms with Gasteiger partial charge in [-0.05, 0) is 48.5 Å². The van der Waals surface area contributed by atoms with Crippen molar-refractivity contribution in [1.29, 1.82) is 0 Å². The second-order valence-electron chi connectivity index (χ2n) is 6.52. The van der Waals surface area contributed by atoms with Crippen LogP contribution in [-0.4, -0.2) is 39.8 Å². The summed E-state index contributed by atoms with van der Waals surface area (Å²) >= 11 is 0. The van der Waals surface area contributed by atoms with Gasteiger partial charge in [0.05, 0.1) is 17.7 Å². The normalized spacial score (nSPS) is 13.2. The summed E-state index contributed by atoms with van der Waals surface area (Å²) < 4.78 is 11.4. The number of nitrogens with zero attached hydrogens (tertiary/aromatic N) is 3. The highest BCUT2D eigenvalue weighted by atomic mass is 16.5. The van der Waals surface area contributed by atoms with Crippen LogP contribution in [0.25, 0.3) is 22.7 Å². The predicted octanol–water partition coefficient (Wildman–Crippen LogP) is 3.56. The first-order valence-corrected chi connectivity index (χ1v) is 9.11. The number of imide groups is 1. The van der Waals surface area contributed by atoms with Crippen molar-refractivity contribution in [2.24, 2.45) is 0 Å². The highest BCUT2D eigenvalue weighted by Gasteiger charge is 2.34. The third kappa shape index (κ3) is 3.02. The van der Waals surface area contributed by atoms with Gasteiger partial charge in [0, 0.05) is 11.8 Å². The number of hydrogen-bond donors (Lipinski definition) is 0. The first-order chi connectivity index (χ1) is 14.2. The molecule has 0 aliphatic carbocycles. The van der Waals surface area contributed by atoms with E-state index in [0.29, 0.717) is 34.0 Å². The Morgan fingerprint density at radius 1 is 0.897 bits per heavy atom. The number of ether oxygens (including phenoxy) is 1. The summed E-state index contributed by atoms with van der Waals surface area (Å²) in [5, 5.41) is 0. The quantitative estimate of drug-likeness (QED) is 0.488. The fourth-order valence-electron chi connectivity index (χ4n) is 3.28. The van der Waals surface area contributed by atoms with Crippen molar-refractivity contribution in [2.75, 3.05) is 13.2 Å². The van der Waals surface area contributed by atoms with Crippen molar-refractivity contribution >= 4 is 23.0 Å². The smallest absolute Gasteiger partial charge is 0.261 e. The van der Waals surface area contributed by atoms with Crippen LogP contribution in [0.2, 0.25) is 0 Å². The molecule has 0 atom stereocenters. The molecule has 0 saturated heterocycles. The minimum atomic E-state index is -0.283. The number of carbonyl (C=O) groups excluding carboxylic acids is 2. The van der Waals surface area contributed by atoms with Gasteiger partial charge in [-0.1, -0.05) is 12.1 Å². The molecular formula is C22H15N3O4. The van der Waals surface area contributed by atoms with Gasteiger partial charge in [0.15, 0.2) is 11.2 Å². The van der Waals surface area contributed by atoms with Crippen LogP contribution >= 0.6 is 0 Å². The molecule has 7 nitrogen and oxygen atoms in total. The number of benzene rings is 2. The summed E-state index contributed by atoms with van der Waals surface area (Å²) in [6, 6.07) is 17.7. The van der Waals surface area contributed by atoms with Crippen LogP contribution in [-0.2, 0) is 0 Å². The zero-order valence-electron chi connectivity index (χ0n) is 15.2. The zero-order valence-corrected chi connectivity index (χ0v) is 15.2. The van der Waals surface area contributed by atoms with E-state index >= 15 is 0 Å². The molecule has 142 valence electrons. The summed E-state index contributed by atoms with van der Waals surface area (Å²) in [6.45, 7) is 0.391. The number of amides is 2. The molecule has 7 heteroatoms. The number of aromatic nitrogens is 2. The van der Waals surface area contributed by atoms with Crippen molar-refractivity contribution in [3.05, 3.63) is 78.0 Å². The predicted molar refractivity (Wildman–Crippen MR) is 105 cm³/mol. The van der Waals surface area contributed by atoms with Crippen LogP contribution in [0.4, 0.5) is 0 Å². The SMILES string of the molecule is O=C1c2ccccc2C(=O)N1CCOc1ccc(-c2nc3ncccc3o2)cc1. The molecule has 2 aromatic heterocycles. The Morgan fingerprint density at radius 3 is 2.31 bits per heavy atom. The third-order valence-corrected chi connectivity index (χ3v) is 4.73. The van der Waals surface area contributed by atoms with Gasteiger partial charge in [-0.2, -0.15) is 4.98 Å². The molecule has 0 fully saturated rings. The van der Waals surface area contributed by atoms with Crippen molar-refractivity contribution in [1.82, 2.24) is 14.9 Å². The molecular weight excluding hydrogens is 370 g/mol. The van der Waals surface area contributed by atoms with Gasteiger partial charge in [-0.25, -0.2) is 4.98 Å². The summed E-state index contributed by atoms with van der Waals surface area (Å²) in [6.07, 6.45) is 1.67. The van der Waals surface area contributed by atoms with Crippen LogP contribution < -0.4 is 4.74 Å². The second kappa shape index (κ2) is 6.87. The Balaban J connectivity index is 1.23. The number of pyridine rings is 1. The largest absolute Gasteiger partial charge is 0.492 e. The summed E-state index contributed by atoms with van der Waals surface area (Å²) in [5.74, 6) is 0.541. The highest BCUT2D eigenvalue weighted by molar-refractivity contribution is 6.21. The Labute approximate surface area is 165 Å². The highest BCUT2D eigenvalue weighted by Crippen LogP contribution is 2.25. The average Bonchev–Trinajstić information content (AvgIpc) is 3.30. The third-order valence-electron chi connectivity index (χ3n) is 4.73. The molecule has 3 heterocycles. The zero-order chi connectivity index (χ0) is 19.8. The molecule has 1 aliphatic rings. The number of oxazole rings is 1. The lowest BCUT2D eigenvalue weighted by atomic mass is 10.1. The molecule has 4 aromatic rings. The van der Waals surface area contributed by atoms with Crippen molar-refractivity contribution in [3.8, 4) is 17.2 Å². The molecule has 2 amide bonds. The summed E-state index contributed by atoms with van der Waals surface area (Å²) in [4.78, 5) is 34.4. The van der Waals surface area contributed by atoms with Gasteiger partial charge in [0.1, 0.15) is 12.4 Å². The average molecular weight is 385 g/mol. The van der Waals surface area contributed by atoms with Crippen molar-refractivity contribution in [3.63, 3.8) is 0 Å². The lowest BCUT2D eigenvalue weighted by molar-refractivity contribution is 0.0631. The van der Waals surface area contributed by atoms with Crippen molar-refractivity contribution < 1.29 is 18.7 Å². The van der Waals surface area contributed by atoms with Crippen LogP contribution in [0.15, 0.2) is 71.3 Å². The topological polar surface area (TPSA) is 85.5 Å². The van der Waals surface area contributed by atoms with E-state index in [0.717, 1.165) is 5.56 Å². The lowest BCUT2D eigenvalue weighted by Crippen LogP contribution is -2.33. The van der Waals surface area contributed by atoms with Gasteiger partial charge < -0.3 is 9.15 Å². The number of hydrogen-bond acceptors (Lipinski definition) is 6. The van der Waals surface area contributed by atoms with E-state index in [2.05, 4.69) is 9.97 Å². The molecule has 29 heavy (non-hydrogen) atoms. The fourth-order valence-corrected chi connectivity index (χ4v) is 3.28. The Hall–Kier alpha value is -4.00. The van der Waals surface area contributed by atoms with Gasteiger partial charge in [-0.15, -0.1) is 0 Å². The fraction of sp³-hybridized carbons (Fsp3) is 0.0909. The molecule has 0 saturated carbocycles. The molecule has 0 bridgehead atoms.